The maximum Gasteiger partial charge on any atom is 0.0349 e. The number of nitrogens with one attached hydrogen (secondary N) is 1. The zero-order valence-corrected chi connectivity index (χ0v) is 7.79. The van der Waals surface area contributed by atoms with E-state index in [9.17, 15) is 0 Å². The number of nitrogens with two attached hydrogens (primary N) is 1. The molecule has 3 N–H and O–H groups in total. The van der Waals surface area contributed by atoms with Gasteiger partial charge in [0.15, 0.2) is 0 Å². The fraction of sp³-hybridized carbons (Fsp3) is 0.455. The van der Waals surface area contributed by atoms with Crippen molar-refractivity contribution in [3.8, 4) is 0 Å². The molecule has 1 saturated heterocycles. The van der Waals surface area contributed by atoms with Crippen molar-refractivity contribution in [3.05, 3.63) is 29.8 Å². The molecule has 2 nitrogen and oxygen atoms in total. The summed E-state index contributed by atoms with van der Waals surface area (Å²) in [6.45, 7) is 2.23. The van der Waals surface area contributed by atoms with Gasteiger partial charge in [0.25, 0.3) is 0 Å². The number of benzene rings is 1. The first-order valence-electron chi connectivity index (χ1n) is 4.93. The van der Waals surface area contributed by atoms with Gasteiger partial charge < -0.3 is 11.1 Å². The predicted molar refractivity (Wildman–Crippen MR) is 55.7 cm³/mol. The number of nitrogen functional groups attached to an aromatic ring is 1. The lowest BCUT2D eigenvalue weighted by Crippen LogP contribution is -2.28. The lowest BCUT2D eigenvalue weighted by Gasteiger charge is -2.24. The molecule has 1 unspecified atom stereocenters. The van der Waals surface area contributed by atoms with Gasteiger partial charge in [-0.25, -0.2) is 0 Å². The largest absolute Gasteiger partial charge is 0.398 e. The summed E-state index contributed by atoms with van der Waals surface area (Å²) >= 11 is 0. The Balaban J connectivity index is 2.18. The van der Waals surface area contributed by atoms with Crippen LogP contribution >= 0.6 is 0 Å². The van der Waals surface area contributed by atoms with Crippen LogP contribution in [0.5, 0.6) is 0 Å². The Bertz CT molecular complexity index is 277. The van der Waals surface area contributed by atoms with Crippen molar-refractivity contribution in [2.24, 2.45) is 0 Å². The van der Waals surface area contributed by atoms with Crippen LogP contribution in [0.15, 0.2) is 24.3 Å². The van der Waals surface area contributed by atoms with E-state index in [-0.39, 0.29) is 0 Å². The molecular formula is C11H16N2. The molecule has 1 fully saturated rings. The van der Waals surface area contributed by atoms with Gasteiger partial charge in [0.2, 0.25) is 0 Å². The highest BCUT2D eigenvalue weighted by atomic mass is 14.9. The summed E-state index contributed by atoms with van der Waals surface area (Å²) in [5.41, 5.74) is 8.18. The summed E-state index contributed by atoms with van der Waals surface area (Å²) in [4.78, 5) is 0. The van der Waals surface area contributed by atoms with Crippen LogP contribution < -0.4 is 11.1 Å². The van der Waals surface area contributed by atoms with Gasteiger partial charge in [-0.1, -0.05) is 18.2 Å². The molecule has 2 rings (SSSR count). The predicted octanol–water partition coefficient (Wildman–Crippen LogP) is 1.74. The highest BCUT2D eigenvalue weighted by Crippen LogP contribution is 2.27. The van der Waals surface area contributed by atoms with E-state index in [1.54, 1.807) is 0 Å². The Kier molecular flexibility index (Phi) is 2.50. The number of hydrogen-bond acceptors (Lipinski definition) is 2. The second-order valence-electron chi connectivity index (χ2n) is 3.67. The quantitative estimate of drug-likeness (QED) is 0.640. The standard InChI is InChI=1S/C11H16N2/c12-11-6-2-1-5-10(11)9-4-3-7-13-8-9/h1-2,5-6,9,13H,3-4,7-8,12H2. The smallest absolute Gasteiger partial charge is 0.0349 e. The van der Waals surface area contributed by atoms with Crippen molar-refractivity contribution >= 4 is 5.69 Å². The van der Waals surface area contributed by atoms with Gasteiger partial charge in [0.1, 0.15) is 0 Å². The van der Waals surface area contributed by atoms with Crippen molar-refractivity contribution in [1.82, 2.24) is 5.32 Å². The Labute approximate surface area is 79.1 Å². The van der Waals surface area contributed by atoms with Crippen molar-refractivity contribution in [1.29, 1.82) is 0 Å². The second kappa shape index (κ2) is 3.79. The number of hydrogen-bond donors (Lipinski definition) is 2. The number of piperidine rings is 1. The zero-order valence-electron chi connectivity index (χ0n) is 7.79. The fourth-order valence-electron chi connectivity index (χ4n) is 2.00. The summed E-state index contributed by atoms with van der Waals surface area (Å²) in [5, 5.41) is 3.40. The minimum absolute atomic E-state index is 0.620. The number of para-hydroxylation sites is 1. The Morgan fingerprint density at radius 1 is 1.31 bits per heavy atom. The maximum absolute atomic E-state index is 5.92. The minimum Gasteiger partial charge on any atom is -0.398 e. The van der Waals surface area contributed by atoms with E-state index in [0.717, 1.165) is 18.8 Å². The first-order valence-corrected chi connectivity index (χ1v) is 4.93. The number of rotatable bonds is 1. The summed E-state index contributed by atoms with van der Waals surface area (Å²) in [7, 11) is 0. The van der Waals surface area contributed by atoms with Gasteiger partial charge >= 0.3 is 0 Å². The van der Waals surface area contributed by atoms with Crippen LogP contribution in [0.25, 0.3) is 0 Å². The molecule has 0 bridgehead atoms. The van der Waals surface area contributed by atoms with Gasteiger partial charge in [-0.15, -0.1) is 0 Å². The van der Waals surface area contributed by atoms with Gasteiger partial charge in [-0.3, -0.25) is 0 Å². The molecule has 0 radical (unpaired) electrons. The third-order valence-electron chi connectivity index (χ3n) is 2.73. The summed E-state index contributed by atoms with van der Waals surface area (Å²) in [6.07, 6.45) is 2.53. The first kappa shape index (κ1) is 8.57. The van der Waals surface area contributed by atoms with E-state index >= 15 is 0 Å². The Morgan fingerprint density at radius 3 is 2.85 bits per heavy atom. The molecule has 0 amide bonds. The van der Waals surface area contributed by atoms with Crippen LogP contribution in [-0.2, 0) is 0 Å². The van der Waals surface area contributed by atoms with Crippen LogP contribution in [-0.4, -0.2) is 13.1 Å². The monoisotopic (exact) mass is 176 g/mol. The molecular weight excluding hydrogens is 160 g/mol. The second-order valence-corrected chi connectivity index (χ2v) is 3.67. The van der Waals surface area contributed by atoms with Gasteiger partial charge in [0.05, 0.1) is 0 Å². The van der Waals surface area contributed by atoms with Gasteiger partial charge in [0, 0.05) is 12.2 Å². The first-order chi connectivity index (χ1) is 6.38. The molecule has 0 aromatic heterocycles. The minimum atomic E-state index is 0.620. The molecule has 70 valence electrons. The molecule has 1 heterocycles. The third kappa shape index (κ3) is 1.83. The Hall–Kier alpha value is -1.02. The topological polar surface area (TPSA) is 38.0 Å². The molecule has 0 aliphatic carbocycles. The SMILES string of the molecule is Nc1ccccc1C1CCCNC1. The van der Waals surface area contributed by atoms with Gasteiger partial charge in [-0.2, -0.15) is 0 Å². The van der Waals surface area contributed by atoms with Crippen LogP contribution in [0.1, 0.15) is 24.3 Å². The van der Waals surface area contributed by atoms with E-state index in [2.05, 4.69) is 17.4 Å². The van der Waals surface area contributed by atoms with Gasteiger partial charge in [-0.05, 0) is 36.9 Å². The summed E-state index contributed by atoms with van der Waals surface area (Å²) in [6, 6.07) is 8.20. The molecule has 1 aromatic rings. The molecule has 0 saturated carbocycles. The lowest BCUT2D eigenvalue weighted by molar-refractivity contribution is 0.462. The molecule has 0 spiro atoms. The zero-order chi connectivity index (χ0) is 9.10. The maximum atomic E-state index is 5.92. The van der Waals surface area contributed by atoms with E-state index in [1.807, 2.05) is 12.1 Å². The van der Waals surface area contributed by atoms with Crippen molar-refractivity contribution in [2.45, 2.75) is 18.8 Å². The van der Waals surface area contributed by atoms with Crippen LogP contribution in [0.3, 0.4) is 0 Å². The highest BCUT2D eigenvalue weighted by molar-refractivity contribution is 5.48. The van der Waals surface area contributed by atoms with E-state index < -0.39 is 0 Å². The highest BCUT2D eigenvalue weighted by Gasteiger charge is 2.16. The van der Waals surface area contributed by atoms with Crippen LogP contribution in [0, 0.1) is 0 Å². The van der Waals surface area contributed by atoms with E-state index in [0.29, 0.717) is 5.92 Å². The van der Waals surface area contributed by atoms with E-state index in [4.69, 9.17) is 5.73 Å². The van der Waals surface area contributed by atoms with Crippen molar-refractivity contribution in [3.63, 3.8) is 0 Å². The molecule has 1 aromatic carbocycles. The molecule has 1 aliphatic heterocycles. The fourth-order valence-corrected chi connectivity index (χ4v) is 2.00. The Morgan fingerprint density at radius 2 is 2.15 bits per heavy atom. The van der Waals surface area contributed by atoms with Crippen molar-refractivity contribution in [2.75, 3.05) is 18.8 Å². The average molecular weight is 176 g/mol. The molecule has 2 heteroatoms. The average Bonchev–Trinajstić information content (AvgIpc) is 2.20. The normalized spacial score (nSPS) is 22.9. The molecule has 13 heavy (non-hydrogen) atoms. The van der Waals surface area contributed by atoms with E-state index in [1.165, 1.54) is 18.4 Å². The summed E-state index contributed by atoms with van der Waals surface area (Å²) in [5.74, 6) is 0.620. The van der Waals surface area contributed by atoms with Crippen LogP contribution in [0.4, 0.5) is 5.69 Å². The van der Waals surface area contributed by atoms with Crippen LogP contribution in [0.2, 0.25) is 0 Å². The van der Waals surface area contributed by atoms with Crippen molar-refractivity contribution < 1.29 is 0 Å². The third-order valence-corrected chi connectivity index (χ3v) is 2.73. The number of anilines is 1. The lowest BCUT2D eigenvalue weighted by atomic mass is 9.91. The molecule has 1 atom stereocenters. The summed E-state index contributed by atoms with van der Waals surface area (Å²) < 4.78 is 0. The molecule has 1 aliphatic rings.